The van der Waals surface area contributed by atoms with E-state index in [9.17, 15) is 18.0 Å². The van der Waals surface area contributed by atoms with Crippen LogP contribution in [-0.2, 0) is 14.8 Å². The van der Waals surface area contributed by atoms with E-state index >= 15 is 0 Å². The molecule has 0 bridgehead atoms. The third-order valence-electron chi connectivity index (χ3n) is 5.61. The molecule has 0 heterocycles. The van der Waals surface area contributed by atoms with Gasteiger partial charge in [-0.15, -0.1) is 0 Å². The van der Waals surface area contributed by atoms with E-state index in [1.807, 2.05) is 40.7 Å². The van der Waals surface area contributed by atoms with Gasteiger partial charge in [0.2, 0.25) is 5.91 Å². The molecule has 0 unspecified atom stereocenters. The fraction of sp³-hybridized carbons (Fsp3) is 0.259. The minimum Gasteiger partial charge on any atom is -0.350 e. The van der Waals surface area contributed by atoms with Crippen LogP contribution in [0.4, 0.5) is 11.4 Å². The Morgan fingerprint density at radius 2 is 1.54 bits per heavy atom. The van der Waals surface area contributed by atoms with Gasteiger partial charge in [0, 0.05) is 6.04 Å². The highest BCUT2D eigenvalue weighted by molar-refractivity contribution is 7.92. The molecule has 0 fully saturated rings. The van der Waals surface area contributed by atoms with Crippen LogP contribution in [0.1, 0.15) is 40.9 Å². The molecular formula is C27H31N3O4S. The second-order valence-electron chi connectivity index (χ2n) is 8.77. The van der Waals surface area contributed by atoms with Crippen molar-refractivity contribution in [3.63, 3.8) is 0 Å². The van der Waals surface area contributed by atoms with E-state index in [1.54, 1.807) is 48.5 Å². The van der Waals surface area contributed by atoms with Crippen LogP contribution in [-0.4, -0.2) is 32.8 Å². The number of aryl methyl sites for hydroxylation is 2. The fourth-order valence-electron chi connectivity index (χ4n) is 3.59. The number of nitrogens with zero attached hydrogens (tertiary/aromatic N) is 1. The molecule has 7 nitrogen and oxygen atoms in total. The van der Waals surface area contributed by atoms with Crippen molar-refractivity contribution in [3.05, 3.63) is 89.0 Å². The summed E-state index contributed by atoms with van der Waals surface area (Å²) >= 11 is 0. The molecule has 184 valence electrons. The van der Waals surface area contributed by atoms with Crippen molar-refractivity contribution in [2.45, 2.75) is 45.6 Å². The molecule has 2 amide bonds. The van der Waals surface area contributed by atoms with Gasteiger partial charge < -0.3 is 10.6 Å². The number of sulfonamides is 1. The first-order valence-electron chi connectivity index (χ1n) is 11.4. The normalized spacial score (nSPS) is 11.3. The number of rotatable bonds is 8. The van der Waals surface area contributed by atoms with E-state index in [-0.39, 0.29) is 16.8 Å². The number of hydrogen-bond acceptors (Lipinski definition) is 4. The number of carbonyl (C=O) groups excluding carboxylic acids is 2. The second kappa shape index (κ2) is 10.7. The maximum absolute atomic E-state index is 13.7. The summed E-state index contributed by atoms with van der Waals surface area (Å²) in [6, 6.07) is 18.4. The second-order valence-corrected chi connectivity index (χ2v) is 10.6. The predicted octanol–water partition coefficient (Wildman–Crippen LogP) is 4.58. The zero-order valence-electron chi connectivity index (χ0n) is 20.6. The van der Waals surface area contributed by atoms with Gasteiger partial charge in [-0.3, -0.25) is 13.9 Å². The highest BCUT2D eigenvalue weighted by Crippen LogP contribution is 2.29. The van der Waals surface area contributed by atoms with Crippen molar-refractivity contribution in [3.8, 4) is 0 Å². The minimum atomic E-state index is -4.05. The van der Waals surface area contributed by atoms with Crippen LogP contribution < -0.4 is 14.9 Å². The van der Waals surface area contributed by atoms with Crippen molar-refractivity contribution in [1.82, 2.24) is 5.32 Å². The molecule has 3 aromatic carbocycles. The quantitative estimate of drug-likeness (QED) is 0.480. The molecule has 0 saturated carbocycles. The standard InChI is InChI=1S/C27H31N3O4S/c1-18(2)28-27(32)23-10-6-7-11-24(23)29-26(31)17-30(25-12-8-9-20(4)21(25)5)35(33,34)22-15-13-19(3)14-16-22/h6-16,18H,17H2,1-5H3,(H,28,32)(H,29,31). The topological polar surface area (TPSA) is 95.6 Å². The third kappa shape index (κ3) is 6.08. The number of hydrogen-bond donors (Lipinski definition) is 2. The average Bonchev–Trinajstić information content (AvgIpc) is 2.79. The summed E-state index contributed by atoms with van der Waals surface area (Å²) in [6.07, 6.45) is 0. The molecule has 2 N–H and O–H groups in total. The number of carbonyl (C=O) groups is 2. The summed E-state index contributed by atoms with van der Waals surface area (Å²) in [5.74, 6) is -0.888. The van der Waals surface area contributed by atoms with E-state index < -0.39 is 22.5 Å². The zero-order valence-corrected chi connectivity index (χ0v) is 21.4. The lowest BCUT2D eigenvalue weighted by Gasteiger charge is -2.26. The Balaban J connectivity index is 1.98. The minimum absolute atomic E-state index is 0.0781. The van der Waals surface area contributed by atoms with Gasteiger partial charge >= 0.3 is 0 Å². The van der Waals surface area contributed by atoms with Gasteiger partial charge in [-0.1, -0.05) is 42.0 Å². The Kier molecular flexibility index (Phi) is 7.96. The van der Waals surface area contributed by atoms with Crippen LogP contribution in [0.3, 0.4) is 0 Å². The monoisotopic (exact) mass is 493 g/mol. The van der Waals surface area contributed by atoms with E-state index in [1.165, 1.54) is 12.1 Å². The van der Waals surface area contributed by atoms with Crippen molar-refractivity contribution < 1.29 is 18.0 Å². The number of amides is 2. The summed E-state index contributed by atoms with van der Waals surface area (Å²) in [5.41, 5.74) is 3.62. The van der Waals surface area contributed by atoms with Crippen LogP contribution >= 0.6 is 0 Å². The molecule has 35 heavy (non-hydrogen) atoms. The van der Waals surface area contributed by atoms with E-state index in [4.69, 9.17) is 0 Å². The number of nitrogens with one attached hydrogen (secondary N) is 2. The van der Waals surface area contributed by atoms with Crippen LogP contribution in [0.2, 0.25) is 0 Å². The lowest BCUT2D eigenvalue weighted by Crippen LogP contribution is -2.39. The van der Waals surface area contributed by atoms with Crippen LogP contribution in [0.15, 0.2) is 71.6 Å². The van der Waals surface area contributed by atoms with Gasteiger partial charge in [-0.05, 0) is 76.1 Å². The first-order valence-corrected chi connectivity index (χ1v) is 12.8. The Morgan fingerprint density at radius 1 is 0.886 bits per heavy atom. The Labute approximate surface area is 207 Å². The highest BCUT2D eigenvalue weighted by atomic mass is 32.2. The average molecular weight is 494 g/mol. The Morgan fingerprint density at radius 3 is 2.20 bits per heavy atom. The predicted molar refractivity (Wildman–Crippen MR) is 139 cm³/mol. The zero-order chi connectivity index (χ0) is 25.8. The van der Waals surface area contributed by atoms with Crippen molar-refractivity contribution in [2.24, 2.45) is 0 Å². The molecule has 0 aromatic heterocycles. The Hall–Kier alpha value is -3.65. The van der Waals surface area contributed by atoms with Gasteiger partial charge in [-0.25, -0.2) is 8.42 Å². The van der Waals surface area contributed by atoms with Crippen LogP contribution in [0.25, 0.3) is 0 Å². The summed E-state index contributed by atoms with van der Waals surface area (Å²) in [4.78, 5) is 25.9. The largest absolute Gasteiger partial charge is 0.350 e. The molecule has 0 aliphatic rings. The van der Waals surface area contributed by atoms with Gasteiger partial charge in [0.15, 0.2) is 0 Å². The molecule has 3 rings (SSSR count). The molecule has 0 radical (unpaired) electrons. The van der Waals surface area contributed by atoms with Crippen molar-refractivity contribution >= 4 is 33.2 Å². The summed E-state index contributed by atoms with van der Waals surface area (Å²) in [7, 11) is -4.05. The van der Waals surface area contributed by atoms with Gasteiger partial charge in [-0.2, -0.15) is 0 Å². The molecule has 0 aliphatic carbocycles. The molecule has 0 saturated heterocycles. The molecule has 0 spiro atoms. The van der Waals surface area contributed by atoms with Crippen molar-refractivity contribution in [2.75, 3.05) is 16.2 Å². The maximum Gasteiger partial charge on any atom is 0.264 e. The molecule has 0 aliphatic heterocycles. The van der Waals surface area contributed by atoms with E-state index in [0.29, 0.717) is 16.9 Å². The van der Waals surface area contributed by atoms with Crippen molar-refractivity contribution in [1.29, 1.82) is 0 Å². The summed E-state index contributed by atoms with van der Waals surface area (Å²) in [6.45, 7) is 8.82. The van der Waals surface area contributed by atoms with E-state index in [2.05, 4.69) is 10.6 Å². The number of benzene rings is 3. The molecule has 8 heteroatoms. The smallest absolute Gasteiger partial charge is 0.264 e. The number of anilines is 2. The fourth-order valence-corrected chi connectivity index (χ4v) is 5.07. The SMILES string of the molecule is Cc1ccc(S(=O)(=O)N(CC(=O)Nc2ccccc2C(=O)NC(C)C)c2cccc(C)c2C)cc1. The number of para-hydroxylation sites is 1. The van der Waals surface area contributed by atoms with Gasteiger partial charge in [0.1, 0.15) is 6.54 Å². The highest BCUT2D eigenvalue weighted by Gasteiger charge is 2.29. The van der Waals surface area contributed by atoms with Gasteiger partial charge in [0.05, 0.1) is 21.8 Å². The Bertz CT molecular complexity index is 1330. The van der Waals surface area contributed by atoms with Crippen LogP contribution in [0, 0.1) is 20.8 Å². The van der Waals surface area contributed by atoms with E-state index in [0.717, 1.165) is 21.0 Å². The van der Waals surface area contributed by atoms with Gasteiger partial charge in [0.25, 0.3) is 15.9 Å². The lowest BCUT2D eigenvalue weighted by atomic mass is 10.1. The first-order chi connectivity index (χ1) is 16.5. The molecule has 3 aromatic rings. The molecular weight excluding hydrogens is 462 g/mol. The lowest BCUT2D eigenvalue weighted by molar-refractivity contribution is -0.114. The maximum atomic E-state index is 13.7. The molecule has 0 atom stereocenters. The summed E-state index contributed by atoms with van der Waals surface area (Å²) in [5, 5.41) is 5.53. The first kappa shape index (κ1) is 26.0. The van der Waals surface area contributed by atoms with Crippen LogP contribution in [0.5, 0.6) is 0 Å². The third-order valence-corrected chi connectivity index (χ3v) is 7.38. The summed E-state index contributed by atoms with van der Waals surface area (Å²) < 4.78 is 28.5.